The van der Waals surface area contributed by atoms with Gasteiger partial charge in [-0.05, 0) is 70.9 Å². The number of allylic oxidation sites excluding steroid dienone is 1. The zero-order valence-corrected chi connectivity index (χ0v) is 30.0. The lowest BCUT2D eigenvalue weighted by atomic mass is 10.0. The van der Waals surface area contributed by atoms with E-state index in [2.05, 4.69) is 31.7 Å². The Morgan fingerprint density at radius 3 is 1.64 bits per heavy atom. The number of aldehydes is 1. The quantitative estimate of drug-likeness (QED) is 0.0299. The first-order valence-electron chi connectivity index (χ1n) is 19.2. The molecule has 0 radical (unpaired) electrons. The normalized spacial score (nSPS) is 12.2. The van der Waals surface area contributed by atoms with Gasteiger partial charge in [0.15, 0.2) is 0 Å². The van der Waals surface area contributed by atoms with Crippen LogP contribution in [-0.4, -0.2) is 55.5 Å². The van der Waals surface area contributed by atoms with Gasteiger partial charge in [-0.3, -0.25) is 14.5 Å². The van der Waals surface area contributed by atoms with Crippen molar-refractivity contribution in [3.8, 4) is 0 Å². The van der Waals surface area contributed by atoms with Crippen molar-refractivity contribution in [3.05, 3.63) is 12.2 Å². The summed E-state index contributed by atoms with van der Waals surface area (Å²) in [7, 11) is 0. The third kappa shape index (κ3) is 32.1. The van der Waals surface area contributed by atoms with Crippen molar-refractivity contribution in [2.24, 2.45) is 0 Å². The lowest BCUT2D eigenvalue weighted by molar-refractivity contribution is -0.150. The molecule has 6 nitrogen and oxygen atoms in total. The van der Waals surface area contributed by atoms with Gasteiger partial charge in [0.05, 0.1) is 6.54 Å². The molecule has 0 rings (SSSR count). The predicted molar refractivity (Wildman–Crippen MR) is 190 cm³/mol. The van der Waals surface area contributed by atoms with Crippen LogP contribution in [0.1, 0.15) is 188 Å². The Hall–Kier alpha value is -1.69. The van der Waals surface area contributed by atoms with Gasteiger partial charge in [-0.1, -0.05) is 129 Å². The molecule has 0 N–H and O–H groups in total. The molecule has 0 amide bonds. The van der Waals surface area contributed by atoms with E-state index in [1.54, 1.807) is 0 Å². The molecule has 0 saturated heterocycles. The van der Waals surface area contributed by atoms with Crippen LogP contribution in [0.2, 0.25) is 0 Å². The average molecular weight is 636 g/mol. The number of esters is 2. The minimum atomic E-state index is -0.0995. The number of hydrogen-bond acceptors (Lipinski definition) is 6. The first kappa shape index (κ1) is 43.3. The van der Waals surface area contributed by atoms with Crippen molar-refractivity contribution in [3.63, 3.8) is 0 Å². The second kappa shape index (κ2) is 35.2. The van der Waals surface area contributed by atoms with Crippen LogP contribution in [0.4, 0.5) is 0 Å². The van der Waals surface area contributed by atoms with E-state index in [-0.39, 0.29) is 18.0 Å². The monoisotopic (exact) mass is 636 g/mol. The highest BCUT2D eigenvalue weighted by molar-refractivity contribution is 5.69. The molecule has 1 atom stereocenters. The van der Waals surface area contributed by atoms with Crippen molar-refractivity contribution in [2.75, 3.05) is 26.2 Å². The standard InChI is InChI=1S/C39H73NO5/c1-4-7-10-15-22-29-37(28-21-12-9-6-3)45-39(43)31-24-17-14-19-26-33-40(34-35-41)32-25-18-13-16-23-30-38(42)44-36-27-20-11-8-5-2/h20,27,35,37H,4-19,21-26,28-34,36H2,1-3H3/b27-20-. The number of nitrogens with zero attached hydrogens (tertiary/aromatic N) is 1. The molecule has 0 aromatic rings. The summed E-state index contributed by atoms with van der Waals surface area (Å²) in [5.41, 5.74) is 0. The van der Waals surface area contributed by atoms with Gasteiger partial charge in [-0.25, -0.2) is 0 Å². The highest BCUT2D eigenvalue weighted by Crippen LogP contribution is 2.17. The summed E-state index contributed by atoms with van der Waals surface area (Å²) in [4.78, 5) is 37.8. The minimum absolute atomic E-state index is 0.00766. The molecule has 0 heterocycles. The summed E-state index contributed by atoms with van der Waals surface area (Å²) in [5, 5.41) is 0. The fourth-order valence-corrected chi connectivity index (χ4v) is 5.67. The Morgan fingerprint density at radius 1 is 0.578 bits per heavy atom. The predicted octanol–water partition coefficient (Wildman–Crippen LogP) is 10.7. The summed E-state index contributed by atoms with van der Waals surface area (Å²) < 4.78 is 11.2. The Balaban J connectivity index is 3.92. The zero-order valence-electron chi connectivity index (χ0n) is 30.0. The molecule has 264 valence electrons. The van der Waals surface area contributed by atoms with Crippen LogP contribution in [-0.2, 0) is 23.9 Å². The molecule has 6 heteroatoms. The molecule has 0 aromatic heterocycles. The Bertz CT molecular complexity index is 695. The van der Waals surface area contributed by atoms with Crippen LogP contribution in [0.15, 0.2) is 12.2 Å². The highest BCUT2D eigenvalue weighted by Gasteiger charge is 2.14. The van der Waals surface area contributed by atoms with Crippen molar-refractivity contribution in [1.82, 2.24) is 4.90 Å². The zero-order chi connectivity index (χ0) is 33.1. The van der Waals surface area contributed by atoms with E-state index < -0.39 is 0 Å². The molecule has 0 aliphatic rings. The van der Waals surface area contributed by atoms with Gasteiger partial charge in [0.1, 0.15) is 19.0 Å². The lowest BCUT2D eigenvalue weighted by Gasteiger charge is -2.19. The third-order valence-electron chi connectivity index (χ3n) is 8.58. The van der Waals surface area contributed by atoms with Crippen LogP contribution >= 0.6 is 0 Å². The lowest BCUT2D eigenvalue weighted by Crippen LogP contribution is -2.28. The molecule has 0 aliphatic carbocycles. The second-order valence-electron chi connectivity index (χ2n) is 13.0. The molecule has 0 saturated carbocycles. The summed E-state index contributed by atoms with van der Waals surface area (Å²) in [5.74, 6) is -0.107. The summed E-state index contributed by atoms with van der Waals surface area (Å²) in [6.45, 7) is 9.45. The van der Waals surface area contributed by atoms with Crippen molar-refractivity contribution in [1.29, 1.82) is 0 Å². The van der Waals surface area contributed by atoms with Crippen LogP contribution in [0.25, 0.3) is 0 Å². The molecule has 1 unspecified atom stereocenters. The van der Waals surface area contributed by atoms with E-state index in [4.69, 9.17) is 9.47 Å². The van der Waals surface area contributed by atoms with Gasteiger partial charge < -0.3 is 14.3 Å². The fourth-order valence-electron chi connectivity index (χ4n) is 5.67. The summed E-state index contributed by atoms with van der Waals surface area (Å²) >= 11 is 0. The van der Waals surface area contributed by atoms with E-state index in [1.165, 1.54) is 64.2 Å². The van der Waals surface area contributed by atoms with Gasteiger partial charge in [-0.15, -0.1) is 0 Å². The van der Waals surface area contributed by atoms with Gasteiger partial charge in [0, 0.05) is 12.8 Å². The van der Waals surface area contributed by atoms with Gasteiger partial charge >= 0.3 is 11.9 Å². The SMILES string of the molecule is CCCC/C=C\COC(=O)CCCCCCCN(CC=O)CCCCCCCC(=O)OC(CCCCCC)CCCCCCC. The number of rotatable bonds is 35. The maximum absolute atomic E-state index is 12.5. The van der Waals surface area contributed by atoms with Gasteiger partial charge in [-0.2, -0.15) is 0 Å². The average Bonchev–Trinajstić information content (AvgIpc) is 3.03. The molecular weight excluding hydrogens is 562 g/mol. The third-order valence-corrected chi connectivity index (χ3v) is 8.58. The van der Waals surface area contributed by atoms with E-state index in [0.717, 1.165) is 109 Å². The van der Waals surface area contributed by atoms with Crippen LogP contribution < -0.4 is 0 Å². The smallest absolute Gasteiger partial charge is 0.306 e. The molecular formula is C39H73NO5. The number of carbonyl (C=O) groups is 3. The van der Waals surface area contributed by atoms with Crippen molar-refractivity contribution in [2.45, 2.75) is 194 Å². The number of carbonyl (C=O) groups excluding carboxylic acids is 3. The van der Waals surface area contributed by atoms with Crippen LogP contribution in [0.3, 0.4) is 0 Å². The fraction of sp³-hybridized carbons (Fsp3) is 0.872. The van der Waals surface area contributed by atoms with Crippen molar-refractivity contribution >= 4 is 18.2 Å². The second-order valence-corrected chi connectivity index (χ2v) is 13.0. The van der Waals surface area contributed by atoms with Crippen LogP contribution in [0.5, 0.6) is 0 Å². The number of ether oxygens (including phenoxy) is 2. The van der Waals surface area contributed by atoms with Crippen LogP contribution in [0, 0.1) is 0 Å². The summed E-state index contributed by atoms with van der Waals surface area (Å²) in [6, 6.07) is 0. The van der Waals surface area contributed by atoms with E-state index in [1.807, 2.05) is 6.08 Å². The Labute approximate surface area is 278 Å². The molecule has 0 spiro atoms. The minimum Gasteiger partial charge on any atom is -0.462 e. The molecule has 45 heavy (non-hydrogen) atoms. The van der Waals surface area contributed by atoms with E-state index in [9.17, 15) is 14.4 Å². The Morgan fingerprint density at radius 2 is 1.07 bits per heavy atom. The molecule has 0 aromatic carbocycles. The van der Waals surface area contributed by atoms with Gasteiger partial charge in [0.25, 0.3) is 0 Å². The first-order chi connectivity index (χ1) is 22.1. The molecule has 0 aliphatic heterocycles. The molecule has 0 bridgehead atoms. The van der Waals surface area contributed by atoms with E-state index in [0.29, 0.717) is 26.0 Å². The topological polar surface area (TPSA) is 72.9 Å². The number of hydrogen-bond donors (Lipinski definition) is 0. The van der Waals surface area contributed by atoms with Gasteiger partial charge in [0.2, 0.25) is 0 Å². The first-order valence-corrected chi connectivity index (χ1v) is 19.2. The summed E-state index contributed by atoms with van der Waals surface area (Å²) in [6.07, 6.45) is 33.4. The van der Waals surface area contributed by atoms with E-state index >= 15 is 0 Å². The van der Waals surface area contributed by atoms with Crippen molar-refractivity contribution < 1.29 is 23.9 Å². The highest BCUT2D eigenvalue weighted by atomic mass is 16.5. The number of unbranched alkanes of at least 4 members (excludes halogenated alkanes) is 17. The maximum atomic E-state index is 12.5. The molecule has 0 fully saturated rings. The Kier molecular flexibility index (Phi) is 33.8. The largest absolute Gasteiger partial charge is 0.462 e. The maximum Gasteiger partial charge on any atom is 0.306 e.